The quantitative estimate of drug-likeness (QED) is 0.870. The van der Waals surface area contributed by atoms with E-state index < -0.39 is 5.54 Å². The lowest BCUT2D eigenvalue weighted by Gasteiger charge is -2.47. The standard InChI is InChI=1S/C16H26N2O2S/c1-3-13-14(19)17-16(8-4-5-9-16)15(20)18(13)11-6-7-12(10-11)21-2/h11-13H,3-10H2,1-2H3,(H,17,19). The summed E-state index contributed by atoms with van der Waals surface area (Å²) in [7, 11) is 0. The van der Waals surface area contributed by atoms with Gasteiger partial charge in [0.15, 0.2) is 0 Å². The number of carbonyl (C=O) groups excluding carboxylic acids is 2. The van der Waals surface area contributed by atoms with E-state index in [0.717, 1.165) is 38.5 Å². The lowest BCUT2D eigenvalue weighted by atomic mass is 9.88. The van der Waals surface area contributed by atoms with Crippen LogP contribution in [0, 0.1) is 0 Å². The number of nitrogens with zero attached hydrogens (tertiary/aromatic N) is 1. The molecule has 0 bridgehead atoms. The van der Waals surface area contributed by atoms with Gasteiger partial charge in [0.2, 0.25) is 11.8 Å². The van der Waals surface area contributed by atoms with Gasteiger partial charge in [0.1, 0.15) is 11.6 Å². The summed E-state index contributed by atoms with van der Waals surface area (Å²) >= 11 is 1.90. The van der Waals surface area contributed by atoms with Crippen LogP contribution in [-0.4, -0.2) is 45.8 Å². The molecule has 2 saturated carbocycles. The number of piperazine rings is 1. The van der Waals surface area contributed by atoms with Gasteiger partial charge in [-0.15, -0.1) is 0 Å². The SMILES string of the molecule is CCC1C(=O)NC2(CCCC2)C(=O)N1C1CCC(SC)C1. The van der Waals surface area contributed by atoms with Crippen molar-refractivity contribution in [1.29, 1.82) is 0 Å². The number of hydrogen-bond acceptors (Lipinski definition) is 3. The average Bonchev–Trinajstić information content (AvgIpc) is 3.12. The third-order valence-electron chi connectivity index (χ3n) is 5.57. The van der Waals surface area contributed by atoms with Crippen molar-refractivity contribution >= 4 is 23.6 Å². The average molecular weight is 310 g/mol. The van der Waals surface area contributed by atoms with E-state index in [0.29, 0.717) is 11.7 Å². The van der Waals surface area contributed by atoms with Crippen molar-refractivity contribution in [2.75, 3.05) is 6.26 Å². The van der Waals surface area contributed by atoms with Gasteiger partial charge < -0.3 is 10.2 Å². The zero-order valence-electron chi connectivity index (χ0n) is 13.1. The molecule has 1 saturated heterocycles. The Morgan fingerprint density at radius 3 is 2.57 bits per heavy atom. The third kappa shape index (κ3) is 2.47. The first kappa shape index (κ1) is 15.2. The van der Waals surface area contributed by atoms with E-state index in [-0.39, 0.29) is 23.9 Å². The molecule has 1 aliphatic heterocycles. The number of carbonyl (C=O) groups is 2. The maximum atomic E-state index is 13.2. The van der Waals surface area contributed by atoms with E-state index in [1.165, 1.54) is 6.42 Å². The summed E-state index contributed by atoms with van der Waals surface area (Å²) < 4.78 is 0. The molecule has 3 unspecified atom stereocenters. The number of amides is 2. The van der Waals surface area contributed by atoms with E-state index in [1.807, 2.05) is 23.6 Å². The Bertz CT molecular complexity index is 434. The van der Waals surface area contributed by atoms with Crippen LogP contribution < -0.4 is 5.32 Å². The normalized spacial score (nSPS) is 35.5. The van der Waals surface area contributed by atoms with Gasteiger partial charge in [-0.25, -0.2) is 0 Å². The van der Waals surface area contributed by atoms with Crippen molar-refractivity contribution in [2.24, 2.45) is 0 Å². The number of rotatable bonds is 3. The molecular weight excluding hydrogens is 284 g/mol. The Morgan fingerprint density at radius 1 is 1.29 bits per heavy atom. The summed E-state index contributed by atoms with van der Waals surface area (Å²) in [5.41, 5.74) is -0.569. The molecule has 1 spiro atoms. The van der Waals surface area contributed by atoms with Gasteiger partial charge in [-0.2, -0.15) is 11.8 Å². The van der Waals surface area contributed by atoms with Gasteiger partial charge in [-0.3, -0.25) is 9.59 Å². The van der Waals surface area contributed by atoms with Crippen molar-refractivity contribution in [3.63, 3.8) is 0 Å². The molecule has 5 heteroatoms. The molecule has 2 amide bonds. The van der Waals surface area contributed by atoms with Crippen molar-refractivity contribution < 1.29 is 9.59 Å². The molecule has 4 nitrogen and oxygen atoms in total. The van der Waals surface area contributed by atoms with E-state index in [4.69, 9.17) is 0 Å². The number of nitrogens with one attached hydrogen (secondary N) is 1. The minimum absolute atomic E-state index is 0.0756. The van der Waals surface area contributed by atoms with E-state index >= 15 is 0 Å². The summed E-state index contributed by atoms with van der Waals surface area (Å²) in [6.45, 7) is 2.01. The topological polar surface area (TPSA) is 49.4 Å². The molecule has 1 N–H and O–H groups in total. The van der Waals surface area contributed by atoms with Gasteiger partial charge in [0, 0.05) is 11.3 Å². The van der Waals surface area contributed by atoms with Crippen molar-refractivity contribution in [2.45, 2.75) is 81.2 Å². The molecule has 0 aromatic rings. The first-order chi connectivity index (χ1) is 10.1. The predicted molar refractivity (Wildman–Crippen MR) is 85.2 cm³/mol. The molecule has 3 fully saturated rings. The Morgan fingerprint density at radius 2 is 2.00 bits per heavy atom. The summed E-state index contributed by atoms with van der Waals surface area (Å²) in [6, 6.07) is 0.0118. The highest BCUT2D eigenvalue weighted by Gasteiger charge is 2.53. The monoisotopic (exact) mass is 310 g/mol. The molecule has 0 aromatic carbocycles. The van der Waals surface area contributed by atoms with Crippen LogP contribution in [0.4, 0.5) is 0 Å². The van der Waals surface area contributed by atoms with Crippen LogP contribution in [0.3, 0.4) is 0 Å². The Labute approximate surface area is 131 Å². The fourth-order valence-electron chi connectivity index (χ4n) is 4.39. The highest BCUT2D eigenvalue weighted by atomic mass is 32.2. The molecule has 21 heavy (non-hydrogen) atoms. The largest absolute Gasteiger partial charge is 0.340 e. The fourth-order valence-corrected chi connectivity index (χ4v) is 5.18. The van der Waals surface area contributed by atoms with Crippen LogP contribution in [-0.2, 0) is 9.59 Å². The number of thioether (sulfide) groups is 1. The Kier molecular flexibility index (Phi) is 4.21. The number of hydrogen-bond donors (Lipinski definition) is 1. The van der Waals surface area contributed by atoms with E-state index in [9.17, 15) is 9.59 Å². The fraction of sp³-hybridized carbons (Fsp3) is 0.875. The first-order valence-electron chi connectivity index (χ1n) is 8.29. The Hall–Kier alpha value is -0.710. The van der Waals surface area contributed by atoms with Crippen LogP contribution in [0.15, 0.2) is 0 Å². The molecule has 0 aromatic heterocycles. The highest BCUT2D eigenvalue weighted by Crippen LogP contribution is 2.39. The molecule has 3 aliphatic rings. The molecular formula is C16H26N2O2S. The lowest BCUT2D eigenvalue weighted by Crippen LogP contribution is -2.70. The smallest absolute Gasteiger partial charge is 0.249 e. The van der Waals surface area contributed by atoms with Gasteiger partial charge in [0.05, 0.1) is 0 Å². The maximum absolute atomic E-state index is 13.2. The zero-order chi connectivity index (χ0) is 15.0. The summed E-state index contributed by atoms with van der Waals surface area (Å²) in [4.78, 5) is 27.7. The second-order valence-corrected chi connectivity index (χ2v) is 7.88. The van der Waals surface area contributed by atoms with E-state index in [1.54, 1.807) is 0 Å². The first-order valence-corrected chi connectivity index (χ1v) is 9.57. The molecule has 2 aliphatic carbocycles. The van der Waals surface area contributed by atoms with Crippen molar-refractivity contribution in [3.05, 3.63) is 0 Å². The van der Waals surface area contributed by atoms with Crippen LogP contribution in [0.5, 0.6) is 0 Å². The Balaban J connectivity index is 1.86. The molecule has 1 heterocycles. The predicted octanol–water partition coefficient (Wildman–Crippen LogP) is 2.32. The molecule has 3 rings (SSSR count). The van der Waals surface area contributed by atoms with Gasteiger partial charge in [-0.1, -0.05) is 19.8 Å². The van der Waals surface area contributed by atoms with Crippen LogP contribution in [0.1, 0.15) is 58.3 Å². The molecule has 118 valence electrons. The summed E-state index contributed by atoms with van der Waals surface area (Å²) in [5, 5.41) is 3.73. The van der Waals surface area contributed by atoms with Gasteiger partial charge in [0.25, 0.3) is 0 Å². The van der Waals surface area contributed by atoms with Gasteiger partial charge >= 0.3 is 0 Å². The van der Waals surface area contributed by atoms with E-state index in [2.05, 4.69) is 11.6 Å². The minimum atomic E-state index is -0.569. The summed E-state index contributed by atoms with van der Waals surface area (Å²) in [6.07, 6.45) is 9.88. The van der Waals surface area contributed by atoms with Crippen LogP contribution in [0.2, 0.25) is 0 Å². The third-order valence-corrected chi connectivity index (χ3v) is 6.67. The second-order valence-electron chi connectivity index (χ2n) is 6.74. The lowest BCUT2D eigenvalue weighted by molar-refractivity contribution is -0.157. The van der Waals surface area contributed by atoms with Crippen LogP contribution >= 0.6 is 11.8 Å². The summed E-state index contributed by atoms with van der Waals surface area (Å²) in [5.74, 6) is 0.282. The van der Waals surface area contributed by atoms with Crippen molar-refractivity contribution in [3.8, 4) is 0 Å². The molecule has 0 radical (unpaired) electrons. The van der Waals surface area contributed by atoms with Crippen molar-refractivity contribution in [1.82, 2.24) is 10.2 Å². The van der Waals surface area contributed by atoms with Crippen LogP contribution in [0.25, 0.3) is 0 Å². The highest BCUT2D eigenvalue weighted by molar-refractivity contribution is 7.99. The zero-order valence-corrected chi connectivity index (χ0v) is 13.9. The second kappa shape index (κ2) is 5.82. The maximum Gasteiger partial charge on any atom is 0.249 e. The van der Waals surface area contributed by atoms with Gasteiger partial charge in [-0.05, 0) is 44.8 Å². The minimum Gasteiger partial charge on any atom is -0.340 e. The molecule has 3 atom stereocenters.